The topological polar surface area (TPSA) is 0 Å². The van der Waals surface area contributed by atoms with Crippen LogP contribution in [0.1, 0.15) is 25.7 Å². The molecule has 0 amide bonds. The fraction of sp³-hybridized carbons (Fsp3) is 0.333. The standard InChI is InChI=1S/C12H15/c1-2-4-6-8-10-12-11-9-7-5-3-1/h1-4,8-9,11H,5,7,10,12H2/b3-1-,4-2-,8-6?,11-9+. The quantitative estimate of drug-likeness (QED) is 0.474. The third-order valence-corrected chi connectivity index (χ3v) is 1.70. The molecule has 1 rings (SSSR count). The molecule has 0 unspecified atom stereocenters. The average molecular weight is 159 g/mol. The summed E-state index contributed by atoms with van der Waals surface area (Å²) in [6.07, 6.45) is 22.5. The molecule has 0 aliphatic heterocycles. The molecule has 0 aromatic rings. The number of rotatable bonds is 0. The zero-order valence-corrected chi connectivity index (χ0v) is 7.37. The van der Waals surface area contributed by atoms with E-state index in [0.29, 0.717) is 0 Å². The molecular weight excluding hydrogens is 144 g/mol. The van der Waals surface area contributed by atoms with E-state index in [-0.39, 0.29) is 0 Å². The van der Waals surface area contributed by atoms with Gasteiger partial charge in [-0.1, -0.05) is 42.5 Å². The SMILES string of the molecule is [C]1=C\CC/C=C/CC\C=C/C=C\1. The van der Waals surface area contributed by atoms with E-state index in [1.165, 1.54) is 0 Å². The highest BCUT2D eigenvalue weighted by atomic mass is 13.9. The molecule has 1 aliphatic rings. The van der Waals surface area contributed by atoms with Gasteiger partial charge < -0.3 is 0 Å². The van der Waals surface area contributed by atoms with Gasteiger partial charge in [-0.05, 0) is 31.8 Å². The molecule has 1 radical (unpaired) electrons. The Labute approximate surface area is 75.0 Å². The van der Waals surface area contributed by atoms with Gasteiger partial charge in [-0.15, -0.1) is 0 Å². The molecule has 0 fully saturated rings. The van der Waals surface area contributed by atoms with Gasteiger partial charge in [0, 0.05) is 0 Å². The van der Waals surface area contributed by atoms with E-state index in [9.17, 15) is 0 Å². The molecule has 0 heteroatoms. The molecular formula is C12H15. The summed E-state index contributed by atoms with van der Waals surface area (Å²) in [4.78, 5) is 0. The fourth-order valence-electron chi connectivity index (χ4n) is 1.04. The smallest absolute Gasteiger partial charge is 0.0227 e. The molecule has 0 N–H and O–H groups in total. The van der Waals surface area contributed by atoms with E-state index < -0.39 is 0 Å². The molecule has 0 saturated carbocycles. The van der Waals surface area contributed by atoms with Gasteiger partial charge in [0.1, 0.15) is 0 Å². The van der Waals surface area contributed by atoms with E-state index in [1.807, 2.05) is 12.2 Å². The molecule has 12 heavy (non-hydrogen) atoms. The molecule has 0 aromatic heterocycles. The lowest BCUT2D eigenvalue weighted by atomic mass is 10.2. The predicted molar refractivity (Wildman–Crippen MR) is 53.7 cm³/mol. The van der Waals surface area contributed by atoms with Crippen LogP contribution >= 0.6 is 0 Å². The number of allylic oxidation sites excluding steroid dienone is 8. The Balaban J connectivity index is 2.42. The van der Waals surface area contributed by atoms with Crippen LogP contribution < -0.4 is 0 Å². The summed E-state index contributed by atoms with van der Waals surface area (Å²) < 4.78 is 0. The first-order chi connectivity index (χ1) is 6.00. The molecule has 1 aliphatic carbocycles. The Bertz CT molecular complexity index is 182. The third-order valence-electron chi connectivity index (χ3n) is 1.70. The molecule has 0 nitrogen and oxygen atoms in total. The zero-order valence-electron chi connectivity index (χ0n) is 7.37. The summed E-state index contributed by atoms with van der Waals surface area (Å²) in [5.41, 5.74) is 0. The first-order valence-corrected chi connectivity index (χ1v) is 4.54. The second-order valence-corrected chi connectivity index (χ2v) is 2.78. The van der Waals surface area contributed by atoms with Gasteiger partial charge in [-0.2, -0.15) is 0 Å². The van der Waals surface area contributed by atoms with Crippen LogP contribution in [0.2, 0.25) is 0 Å². The van der Waals surface area contributed by atoms with Gasteiger partial charge in [0.2, 0.25) is 0 Å². The maximum Gasteiger partial charge on any atom is -0.0227 e. The van der Waals surface area contributed by atoms with Crippen LogP contribution in [-0.2, 0) is 0 Å². The third kappa shape index (κ3) is 4.73. The van der Waals surface area contributed by atoms with Crippen LogP contribution in [0.3, 0.4) is 0 Å². The lowest BCUT2D eigenvalue weighted by Crippen LogP contribution is -1.68. The Morgan fingerprint density at radius 1 is 0.750 bits per heavy atom. The van der Waals surface area contributed by atoms with Crippen LogP contribution in [0.15, 0.2) is 42.5 Å². The van der Waals surface area contributed by atoms with E-state index in [0.717, 1.165) is 25.7 Å². The number of hydrogen-bond donors (Lipinski definition) is 0. The van der Waals surface area contributed by atoms with Crippen LogP contribution in [0.4, 0.5) is 0 Å². The normalized spacial score (nSPS) is 29.3. The molecule has 0 saturated heterocycles. The van der Waals surface area contributed by atoms with E-state index in [4.69, 9.17) is 0 Å². The average Bonchev–Trinajstić information content (AvgIpc) is 2.05. The highest BCUT2D eigenvalue weighted by Crippen LogP contribution is 1.99. The minimum absolute atomic E-state index is 1.10. The van der Waals surface area contributed by atoms with Crippen molar-refractivity contribution in [2.45, 2.75) is 25.7 Å². The fourth-order valence-corrected chi connectivity index (χ4v) is 1.04. The van der Waals surface area contributed by atoms with Crippen LogP contribution in [0.5, 0.6) is 0 Å². The first kappa shape index (κ1) is 9.05. The Morgan fingerprint density at radius 3 is 2.42 bits per heavy atom. The van der Waals surface area contributed by atoms with Crippen molar-refractivity contribution in [1.29, 1.82) is 0 Å². The molecule has 0 heterocycles. The number of hydrogen-bond acceptors (Lipinski definition) is 0. The largest absolute Gasteiger partial charge is 0.0882 e. The van der Waals surface area contributed by atoms with Crippen LogP contribution in [0, 0.1) is 6.08 Å². The maximum absolute atomic E-state index is 3.11. The van der Waals surface area contributed by atoms with Crippen molar-refractivity contribution >= 4 is 0 Å². The summed E-state index contributed by atoms with van der Waals surface area (Å²) >= 11 is 0. The van der Waals surface area contributed by atoms with Gasteiger partial charge in [0.05, 0.1) is 0 Å². The first-order valence-electron chi connectivity index (χ1n) is 4.54. The van der Waals surface area contributed by atoms with Crippen LogP contribution in [0.25, 0.3) is 0 Å². The Hall–Kier alpha value is -1.04. The molecule has 0 aromatic carbocycles. The summed E-state index contributed by atoms with van der Waals surface area (Å²) in [7, 11) is 0. The van der Waals surface area contributed by atoms with Gasteiger partial charge in [0.25, 0.3) is 0 Å². The zero-order chi connectivity index (χ0) is 8.49. The van der Waals surface area contributed by atoms with E-state index >= 15 is 0 Å². The second-order valence-electron chi connectivity index (χ2n) is 2.78. The summed E-state index contributed by atoms with van der Waals surface area (Å²) in [6.45, 7) is 0. The highest BCUT2D eigenvalue weighted by Gasteiger charge is 1.79. The minimum Gasteiger partial charge on any atom is -0.0882 e. The van der Waals surface area contributed by atoms with Crippen molar-refractivity contribution in [3.8, 4) is 0 Å². The molecule has 0 bridgehead atoms. The van der Waals surface area contributed by atoms with Crippen molar-refractivity contribution in [2.24, 2.45) is 0 Å². The molecule has 0 spiro atoms. The van der Waals surface area contributed by atoms with Crippen molar-refractivity contribution in [2.75, 3.05) is 0 Å². The van der Waals surface area contributed by atoms with Gasteiger partial charge in [0.15, 0.2) is 0 Å². The predicted octanol–water partition coefficient (Wildman–Crippen LogP) is 3.59. The van der Waals surface area contributed by atoms with Crippen LogP contribution in [-0.4, -0.2) is 0 Å². The van der Waals surface area contributed by atoms with Gasteiger partial charge in [-0.25, -0.2) is 0 Å². The Morgan fingerprint density at radius 2 is 1.50 bits per heavy atom. The summed E-state index contributed by atoms with van der Waals surface area (Å²) in [5, 5.41) is 0. The van der Waals surface area contributed by atoms with Gasteiger partial charge in [-0.3, -0.25) is 0 Å². The monoisotopic (exact) mass is 159 g/mol. The molecule has 0 atom stereocenters. The van der Waals surface area contributed by atoms with Gasteiger partial charge >= 0.3 is 0 Å². The highest BCUT2D eigenvalue weighted by molar-refractivity contribution is 5.08. The maximum atomic E-state index is 3.11. The van der Waals surface area contributed by atoms with E-state index in [1.54, 1.807) is 0 Å². The van der Waals surface area contributed by atoms with Crippen molar-refractivity contribution < 1.29 is 0 Å². The molecule has 63 valence electrons. The van der Waals surface area contributed by atoms with E-state index in [2.05, 4.69) is 36.5 Å². The van der Waals surface area contributed by atoms with Crippen molar-refractivity contribution in [1.82, 2.24) is 0 Å². The van der Waals surface area contributed by atoms with Crippen molar-refractivity contribution in [3.63, 3.8) is 0 Å². The lowest BCUT2D eigenvalue weighted by molar-refractivity contribution is 1.00. The Kier molecular flexibility index (Phi) is 5.02. The summed E-state index contributed by atoms with van der Waals surface area (Å²) in [5.74, 6) is 0. The van der Waals surface area contributed by atoms with Crippen molar-refractivity contribution in [3.05, 3.63) is 48.6 Å². The lowest BCUT2D eigenvalue weighted by Gasteiger charge is -1.88. The summed E-state index contributed by atoms with van der Waals surface area (Å²) in [6, 6.07) is 0. The minimum atomic E-state index is 1.10. The second kappa shape index (κ2) is 6.66.